The quantitative estimate of drug-likeness (QED) is 0.707. The number of hydrogen-bond acceptors (Lipinski definition) is 5. The first-order chi connectivity index (χ1) is 8.22. The van der Waals surface area contributed by atoms with Gasteiger partial charge in [0, 0.05) is 0 Å². The molecule has 0 aliphatic carbocycles. The number of aliphatic carboxylic acids is 2. The van der Waals surface area contributed by atoms with Gasteiger partial charge in [0.1, 0.15) is 10.3 Å². The second-order valence-electron chi connectivity index (χ2n) is 3.17. The molecule has 0 saturated heterocycles. The molecule has 100 valence electrons. The lowest BCUT2D eigenvalue weighted by Crippen LogP contribution is -2.41. The van der Waals surface area contributed by atoms with Gasteiger partial charge < -0.3 is 10.2 Å². The van der Waals surface area contributed by atoms with Gasteiger partial charge in [0.25, 0.3) is 10.0 Å². The van der Waals surface area contributed by atoms with Crippen molar-refractivity contribution in [2.45, 2.75) is 16.7 Å². The SMILES string of the molecule is O=C(O)C[C@@H](NS(=O)(=O)c1ccc(Cl)s1)C(=O)O. The first-order valence-corrected chi connectivity index (χ1v) is 7.12. The summed E-state index contributed by atoms with van der Waals surface area (Å²) in [4.78, 5) is 21.2. The second kappa shape index (κ2) is 5.65. The van der Waals surface area contributed by atoms with Gasteiger partial charge >= 0.3 is 11.9 Å². The van der Waals surface area contributed by atoms with Gasteiger partial charge in [-0.25, -0.2) is 8.42 Å². The van der Waals surface area contributed by atoms with Crippen LogP contribution in [0, 0.1) is 0 Å². The largest absolute Gasteiger partial charge is 0.481 e. The molecule has 0 aromatic carbocycles. The predicted octanol–water partition coefficient (Wildman–Crippen LogP) is 0.608. The van der Waals surface area contributed by atoms with Crippen LogP contribution in [0.15, 0.2) is 16.3 Å². The van der Waals surface area contributed by atoms with Crippen molar-refractivity contribution >= 4 is 44.9 Å². The van der Waals surface area contributed by atoms with Gasteiger partial charge in [0.15, 0.2) is 0 Å². The molecule has 0 spiro atoms. The maximum Gasteiger partial charge on any atom is 0.322 e. The fourth-order valence-corrected chi connectivity index (χ4v) is 3.73. The van der Waals surface area contributed by atoms with E-state index in [1.807, 2.05) is 0 Å². The smallest absolute Gasteiger partial charge is 0.322 e. The number of carbonyl (C=O) groups is 2. The van der Waals surface area contributed by atoms with Crippen LogP contribution in [0.2, 0.25) is 4.34 Å². The molecule has 0 unspecified atom stereocenters. The molecular formula is C8H8ClNO6S2. The minimum atomic E-state index is -4.09. The van der Waals surface area contributed by atoms with Gasteiger partial charge in [-0.3, -0.25) is 9.59 Å². The summed E-state index contributed by atoms with van der Waals surface area (Å²) in [6.07, 6.45) is -0.854. The Labute approximate surface area is 111 Å². The lowest BCUT2D eigenvalue weighted by atomic mass is 10.2. The summed E-state index contributed by atoms with van der Waals surface area (Å²) in [6.45, 7) is 0. The van der Waals surface area contributed by atoms with Gasteiger partial charge in [-0.15, -0.1) is 11.3 Å². The standard InChI is InChI=1S/C8H8ClNO6S2/c9-5-1-2-7(17-5)18(15,16)10-4(8(13)14)3-6(11)12/h1-2,4,10H,3H2,(H,11,12)(H,13,14)/t4-/m1/s1. The van der Waals surface area contributed by atoms with E-state index in [4.69, 9.17) is 21.8 Å². The molecule has 0 aliphatic rings. The summed E-state index contributed by atoms with van der Waals surface area (Å²) >= 11 is 6.31. The Balaban J connectivity index is 2.93. The maximum atomic E-state index is 11.7. The van der Waals surface area contributed by atoms with Crippen molar-refractivity contribution in [3.05, 3.63) is 16.5 Å². The first kappa shape index (κ1) is 14.9. The van der Waals surface area contributed by atoms with Gasteiger partial charge in [0.05, 0.1) is 10.8 Å². The van der Waals surface area contributed by atoms with E-state index in [1.54, 1.807) is 4.72 Å². The van der Waals surface area contributed by atoms with Gasteiger partial charge in [-0.05, 0) is 12.1 Å². The molecule has 0 aliphatic heterocycles. The number of hydrogen-bond donors (Lipinski definition) is 3. The third-order valence-electron chi connectivity index (χ3n) is 1.79. The fraction of sp³-hybridized carbons (Fsp3) is 0.250. The highest BCUT2D eigenvalue weighted by Crippen LogP contribution is 2.25. The Kier molecular flexibility index (Phi) is 4.68. The van der Waals surface area contributed by atoms with Crippen molar-refractivity contribution in [3.8, 4) is 0 Å². The number of carboxylic acid groups (broad SMARTS) is 2. The number of rotatable bonds is 6. The summed E-state index contributed by atoms with van der Waals surface area (Å²) < 4.78 is 25.3. The van der Waals surface area contributed by atoms with E-state index in [0.29, 0.717) is 0 Å². The molecule has 1 heterocycles. The average molecular weight is 314 g/mol. The summed E-state index contributed by atoms with van der Waals surface area (Å²) in [5.41, 5.74) is 0. The topological polar surface area (TPSA) is 121 Å². The monoisotopic (exact) mass is 313 g/mol. The molecule has 7 nitrogen and oxygen atoms in total. The average Bonchev–Trinajstić information content (AvgIpc) is 2.63. The van der Waals surface area contributed by atoms with Crippen LogP contribution < -0.4 is 4.72 Å². The fourth-order valence-electron chi connectivity index (χ4n) is 1.04. The maximum absolute atomic E-state index is 11.7. The van der Waals surface area contributed by atoms with E-state index in [1.165, 1.54) is 12.1 Å². The molecule has 1 rings (SSSR count). The highest BCUT2D eigenvalue weighted by atomic mass is 35.5. The zero-order chi connectivity index (χ0) is 13.9. The Morgan fingerprint density at radius 2 is 2.00 bits per heavy atom. The molecule has 1 aromatic heterocycles. The molecule has 1 atom stereocenters. The first-order valence-electron chi connectivity index (χ1n) is 4.44. The van der Waals surface area contributed by atoms with E-state index in [2.05, 4.69) is 0 Å². The van der Waals surface area contributed by atoms with E-state index in [9.17, 15) is 18.0 Å². The van der Waals surface area contributed by atoms with Crippen LogP contribution in [-0.4, -0.2) is 36.6 Å². The van der Waals surface area contributed by atoms with Crippen molar-refractivity contribution in [3.63, 3.8) is 0 Å². The lowest BCUT2D eigenvalue weighted by Gasteiger charge is -2.11. The number of carboxylic acids is 2. The van der Waals surface area contributed by atoms with Crippen molar-refractivity contribution in [1.29, 1.82) is 0 Å². The normalized spacial score (nSPS) is 13.2. The van der Waals surface area contributed by atoms with Crippen molar-refractivity contribution in [2.24, 2.45) is 0 Å². The summed E-state index contributed by atoms with van der Waals surface area (Å²) in [5, 5.41) is 17.2. The molecule has 0 bridgehead atoms. The number of sulfonamides is 1. The van der Waals surface area contributed by atoms with Crippen molar-refractivity contribution in [1.82, 2.24) is 4.72 Å². The van der Waals surface area contributed by atoms with E-state index in [0.717, 1.165) is 11.3 Å². The number of halogens is 1. The number of thiophene rings is 1. The molecule has 0 fully saturated rings. The van der Waals surface area contributed by atoms with E-state index >= 15 is 0 Å². The lowest BCUT2D eigenvalue weighted by molar-refractivity contribution is -0.145. The summed E-state index contributed by atoms with van der Waals surface area (Å²) in [5.74, 6) is -2.99. The third-order valence-corrected chi connectivity index (χ3v) is 4.98. The third kappa shape index (κ3) is 3.95. The highest BCUT2D eigenvalue weighted by molar-refractivity contribution is 7.91. The zero-order valence-electron chi connectivity index (χ0n) is 8.66. The van der Waals surface area contributed by atoms with E-state index < -0.39 is 34.4 Å². The van der Waals surface area contributed by atoms with Crippen LogP contribution in [0.4, 0.5) is 0 Å². The molecule has 1 aromatic rings. The molecule has 0 radical (unpaired) electrons. The second-order valence-corrected chi connectivity index (χ2v) is 6.82. The van der Waals surface area contributed by atoms with Gasteiger partial charge in [-0.2, -0.15) is 4.72 Å². The van der Waals surface area contributed by atoms with Crippen LogP contribution in [0.25, 0.3) is 0 Å². The van der Waals surface area contributed by atoms with Gasteiger partial charge in [0.2, 0.25) is 0 Å². The Bertz CT molecular complexity index is 566. The van der Waals surface area contributed by atoms with E-state index in [-0.39, 0.29) is 8.55 Å². The minimum absolute atomic E-state index is 0.177. The van der Waals surface area contributed by atoms with Crippen LogP contribution in [0.1, 0.15) is 6.42 Å². The Morgan fingerprint density at radius 1 is 1.39 bits per heavy atom. The predicted molar refractivity (Wildman–Crippen MR) is 63.3 cm³/mol. The summed E-state index contributed by atoms with van der Waals surface area (Å²) in [6, 6.07) is 0.816. The molecule has 0 amide bonds. The van der Waals surface area contributed by atoms with Crippen molar-refractivity contribution in [2.75, 3.05) is 0 Å². The zero-order valence-corrected chi connectivity index (χ0v) is 11.0. The molecule has 0 saturated carbocycles. The van der Waals surface area contributed by atoms with Gasteiger partial charge in [-0.1, -0.05) is 11.6 Å². The Hall–Kier alpha value is -1.16. The van der Waals surface area contributed by atoms with Crippen molar-refractivity contribution < 1.29 is 28.2 Å². The summed E-state index contributed by atoms with van der Waals surface area (Å²) in [7, 11) is -4.09. The molecule has 10 heteroatoms. The van der Waals surface area contributed by atoms with Crippen LogP contribution >= 0.6 is 22.9 Å². The number of nitrogens with one attached hydrogen (secondary N) is 1. The molecule has 18 heavy (non-hydrogen) atoms. The molecular weight excluding hydrogens is 306 g/mol. The van der Waals surface area contributed by atoms with Crippen LogP contribution in [0.3, 0.4) is 0 Å². The Morgan fingerprint density at radius 3 is 2.39 bits per heavy atom. The van der Waals surface area contributed by atoms with Crippen LogP contribution in [-0.2, 0) is 19.6 Å². The highest BCUT2D eigenvalue weighted by Gasteiger charge is 2.28. The van der Waals surface area contributed by atoms with Crippen LogP contribution in [0.5, 0.6) is 0 Å². The molecule has 3 N–H and O–H groups in total. The minimum Gasteiger partial charge on any atom is -0.481 e.